The molecule has 1 aromatic heterocycles. The van der Waals surface area contributed by atoms with E-state index in [2.05, 4.69) is 15.2 Å². The normalized spacial score (nSPS) is 11.4. The van der Waals surface area contributed by atoms with Crippen LogP contribution in [0, 0.1) is 11.6 Å². The predicted octanol–water partition coefficient (Wildman–Crippen LogP) is 3.03. The Bertz CT molecular complexity index is 1060. The van der Waals surface area contributed by atoms with Crippen LogP contribution in [0.3, 0.4) is 0 Å². The first-order valence-electron chi connectivity index (χ1n) is 8.90. The van der Waals surface area contributed by atoms with Crippen molar-refractivity contribution in [3.63, 3.8) is 0 Å². The van der Waals surface area contributed by atoms with Gasteiger partial charge in [-0.15, -0.1) is 0 Å². The van der Waals surface area contributed by atoms with Crippen LogP contribution in [0.4, 0.5) is 8.78 Å². The number of nitrogens with zero attached hydrogens (tertiary/aromatic N) is 1. The van der Waals surface area contributed by atoms with Gasteiger partial charge in [0.15, 0.2) is 5.43 Å². The highest BCUT2D eigenvalue weighted by Gasteiger charge is 2.16. The average Bonchev–Trinajstić information content (AvgIpc) is 2.66. The molecule has 1 heterocycles. The Morgan fingerprint density at radius 3 is 2.48 bits per heavy atom. The first-order chi connectivity index (χ1) is 12.9. The molecule has 0 spiro atoms. The molecule has 0 aliphatic rings. The number of carbonyl (C=O) groups excluding carboxylic acids is 1. The summed E-state index contributed by atoms with van der Waals surface area (Å²) < 4.78 is 27.5. The van der Waals surface area contributed by atoms with Crippen LogP contribution < -0.4 is 10.7 Å². The minimum absolute atomic E-state index is 0.0157. The number of pyridine rings is 1. The van der Waals surface area contributed by atoms with Crippen molar-refractivity contribution in [2.24, 2.45) is 0 Å². The lowest BCUT2D eigenvalue weighted by Gasteiger charge is -2.18. The first-order valence-corrected chi connectivity index (χ1v) is 8.90. The monoisotopic (exact) mass is 373 g/mol. The van der Waals surface area contributed by atoms with Gasteiger partial charge in [0.25, 0.3) is 5.91 Å². The Hall–Kier alpha value is -2.80. The van der Waals surface area contributed by atoms with E-state index in [0.717, 1.165) is 31.3 Å². The standard InChI is InChI=1S/C20H21F2N3O2/c1-3-25(4-2)8-7-23-20(27)16-11-13(22)10-15-18(16)24-17-6-5-12(21)9-14(17)19(15)26/h5-6,9-11H,3-4,7-8H2,1-2H3,(H,23,27)(H,24,26). The number of amides is 1. The maximum Gasteiger partial charge on any atom is 0.253 e. The number of carbonyl (C=O) groups is 1. The molecule has 0 bridgehead atoms. The van der Waals surface area contributed by atoms with E-state index in [-0.39, 0.29) is 21.9 Å². The van der Waals surface area contributed by atoms with Crippen LogP contribution >= 0.6 is 0 Å². The van der Waals surface area contributed by atoms with Crippen molar-refractivity contribution in [2.75, 3.05) is 26.2 Å². The number of nitrogens with one attached hydrogen (secondary N) is 2. The third-order valence-corrected chi connectivity index (χ3v) is 4.69. The summed E-state index contributed by atoms with van der Waals surface area (Å²) in [4.78, 5) is 30.4. The topological polar surface area (TPSA) is 65.2 Å². The molecule has 0 saturated carbocycles. The minimum Gasteiger partial charge on any atom is -0.354 e. The fourth-order valence-corrected chi connectivity index (χ4v) is 3.16. The number of H-pyrrole nitrogens is 1. The third kappa shape index (κ3) is 3.83. The molecule has 3 aromatic rings. The lowest BCUT2D eigenvalue weighted by molar-refractivity contribution is 0.0950. The number of fused-ring (bicyclic) bond motifs is 2. The zero-order chi connectivity index (χ0) is 19.6. The van der Waals surface area contributed by atoms with Crippen molar-refractivity contribution < 1.29 is 13.6 Å². The highest BCUT2D eigenvalue weighted by atomic mass is 19.1. The molecule has 0 atom stereocenters. The molecular formula is C20H21F2N3O2. The molecule has 7 heteroatoms. The number of rotatable bonds is 6. The van der Waals surface area contributed by atoms with Crippen LogP contribution in [0.25, 0.3) is 21.8 Å². The second-order valence-corrected chi connectivity index (χ2v) is 6.30. The van der Waals surface area contributed by atoms with Crippen LogP contribution in [-0.2, 0) is 0 Å². The first kappa shape index (κ1) is 19.0. The number of likely N-dealkylation sites (N-methyl/N-ethyl adjacent to an activating group) is 1. The molecule has 0 aliphatic heterocycles. The van der Waals surface area contributed by atoms with Crippen molar-refractivity contribution >= 4 is 27.7 Å². The smallest absolute Gasteiger partial charge is 0.253 e. The molecule has 0 unspecified atom stereocenters. The van der Waals surface area contributed by atoms with Gasteiger partial charge in [-0.3, -0.25) is 9.59 Å². The maximum absolute atomic E-state index is 14.1. The van der Waals surface area contributed by atoms with Gasteiger partial charge in [0.2, 0.25) is 0 Å². The summed E-state index contributed by atoms with van der Waals surface area (Å²) in [7, 11) is 0. The van der Waals surface area contributed by atoms with E-state index in [1.807, 2.05) is 13.8 Å². The average molecular weight is 373 g/mol. The van der Waals surface area contributed by atoms with Gasteiger partial charge in [-0.2, -0.15) is 0 Å². The van der Waals surface area contributed by atoms with Gasteiger partial charge in [0, 0.05) is 29.4 Å². The minimum atomic E-state index is -0.697. The molecule has 0 saturated heterocycles. The molecule has 2 aromatic carbocycles. The van der Waals surface area contributed by atoms with E-state index < -0.39 is 23.0 Å². The summed E-state index contributed by atoms with van der Waals surface area (Å²) in [6.07, 6.45) is 0. The van der Waals surface area contributed by atoms with Crippen molar-refractivity contribution in [1.29, 1.82) is 0 Å². The molecule has 2 N–H and O–H groups in total. The molecule has 0 radical (unpaired) electrons. The van der Waals surface area contributed by atoms with E-state index in [4.69, 9.17) is 0 Å². The fourth-order valence-electron chi connectivity index (χ4n) is 3.16. The SMILES string of the molecule is CCN(CC)CCNC(=O)c1cc(F)cc2c(=O)c3cc(F)ccc3[nH]c12. The van der Waals surface area contributed by atoms with Crippen LogP contribution in [0.2, 0.25) is 0 Å². The predicted molar refractivity (Wildman–Crippen MR) is 102 cm³/mol. The molecule has 27 heavy (non-hydrogen) atoms. The number of aromatic amines is 1. The van der Waals surface area contributed by atoms with E-state index >= 15 is 0 Å². The van der Waals surface area contributed by atoms with Crippen LogP contribution in [0.5, 0.6) is 0 Å². The van der Waals surface area contributed by atoms with Crippen molar-refractivity contribution in [2.45, 2.75) is 13.8 Å². The van der Waals surface area contributed by atoms with Crippen molar-refractivity contribution in [3.05, 3.63) is 57.8 Å². The number of aromatic nitrogens is 1. The van der Waals surface area contributed by atoms with Gasteiger partial charge in [-0.1, -0.05) is 13.8 Å². The highest BCUT2D eigenvalue weighted by Crippen LogP contribution is 2.20. The Balaban J connectivity index is 2.02. The van der Waals surface area contributed by atoms with Gasteiger partial charge in [0.1, 0.15) is 11.6 Å². The van der Waals surface area contributed by atoms with Gasteiger partial charge < -0.3 is 15.2 Å². The zero-order valence-electron chi connectivity index (χ0n) is 15.2. The zero-order valence-corrected chi connectivity index (χ0v) is 15.2. The van der Waals surface area contributed by atoms with Crippen LogP contribution in [0.1, 0.15) is 24.2 Å². The summed E-state index contributed by atoms with van der Waals surface area (Å²) in [5, 5.41) is 2.89. The van der Waals surface area contributed by atoms with Gasteiger partial charge in [-0.25, -0.2) is 8.78 Å². The van der Waals surface area contributed by atoms with Crippen LogP contribution in [-0.4, -0.2) is 42.0 Å². The Morgan fingerprint density at radius 2 is 1.78 bits per heavy atom. The van der Waals surface area contributed by atoms with Crippen molar-refractivity contribution in [1.82, 2.24) is 15.2 Å². The number of hydrogen-bond donors (Lipinski definition) is 2. The van der Waals surface area contributed by atoms with E-state index in [0.29, 0.717) is 18.6 Å². The summed E-state index contributed by atoms with van der Waals surface area (Å²) in [6.45, 7) is 6.87. The lowest BCUT2D eigenvalue weighted by atomic mass is 10.1. The Kier molecular flexibility index (Phi) is 5.51. The number of benzene rings is 2. The van der Waals surface area contributed by atoms with E-state index in [9.17, 15) is 18.4 Å². The van der Waals surface area contributed by atoms with E-state index in [1.165, 1.54) is 12.1 Å². The van der Waals surface area contributed by atoms with E-state index in [1.54, 1.807) is 0 Å². The second-order valence-electron chi connectivity index (χ2n) is 6.30. The third-order valence-electron chi connectivity index (χ3n) is 4.69. The fraction of sp³-hybridized carbons (Fsp3) is 0.300. The lowest BCUT2D eigenvalue weighted by Crippen LogP contribution is -2.35. The summed E-state index contributed by atoms with van der Waals surface area (Å²) in [5.41, 5.74) is 0.154. The Morgan fingerprint density at radius 1 is 1.07 bits per heavy atom. The number of halogens is 2. The largest absolute Gasteiger partial charge is 0.354 e. The maximum atomic E-state index is 14.1. The summed E-state index contributed by atoms with van der Waals surface area (Å²) >= 11 is 0. The van der Waals surface area contributed by atoms with Crippen molar-refractivity contribution in [3.8, 4) is 0 Å². The molecule has 142 valence electrons. The molecular weight excluding hydrogens is 352 g/mol. The molecule has 1 amide bonds. The van der Waals surface area contributed by atoms with Crippen LogP contribution in [0.15, 0.2) is 35.1 Å². The molecule has 0 aliphatic carbocycles. The molecule has 5 nitrogen and oxygen atoms in total. The summed E-state index contributed by atoms with van der Waals surface area (Å²) in [6, 6.07) is 5.91. The summed E-state index contributed by atoms with van der Waals surface area (Å²) in [5.74, 6) is -1.72. The molecule has 0 fully saturated rings. The second kappa shape index (κ2) is 7.84. The Labute approximate surface area is 155 Å². The molecule has 3 rings (SSSR count). The number of hydrogen-bond acceptors (Lipinski definition) is 3. The van der Waals surface area contributed by atoms with Gasteiger partial charge in [-0.05, 0) is 43.4 Å². The van der Waals surface area contributed by atoms with Gasteiger partial charge >= 0.3 is 0 Å². The highest BCUT2D eigenvalue weighted by molar-refractivity contribution is 6.07. The quantitative estimate of drug-likeness (QED) is 0.653. The van der Waals surface area contributed by atoms with Gasteiger partial charge in [0.05, 0.1) is 11.1 Å².